The van der Waals surface area contributed by atoms with E-state index >= 15 is 0 Å². The van der Waals surface area contributed by atoms with Gasteiger partial charge in [-0.15, -0.1) is 0 Å². The Morgan fingerprint density at radius 3 is 2.63 bits per heavy atom. The lowest BCUT2D eigenvalue weighted by Gasteiger charge is -2.41. The Bertz CT molecular complexity index is 286. The average molecular weight is 266 g/mol. The van der Waals surface area contributed by atoms with Gasteiger partial charge in [0.25, 0.3) is 0 Å². The molecule has 110 valence electrons. The first-order valence-electron chi connectivity index (χ1n) is 8.20. The van der Waals surface area contributed by atoms with Gasteiger partial charge in [-0.25, -0.2) is 0 Å². The number of nitrogens with zero attached hydrogens (tertiary/aromatic N) is 1. The molecule has 0 radical (unpaired) electrons. The van der Waals surface area contributed by atoms with E-state index in [0.29, 0.717) is 6.04 Å². The van der Waals surface area contributed by atoms with E-state index in [4.69, 9.17) is 0 Å². The third-order valence-electron chi connectivity index (χ3n) is 4.78. The van der Waals surface area contributed by atoms with Crippen LogP contribution in [0, 0.1) is 5.92 Å². The number of hydrogen-bond donors (Lipinski definition) is 1. The van der Waals surface area contributed by atoms with Crippen LogP contribution in [0.3, 0.4) is 0 Å². The number of unbranched alkanes of at least 4 members (excludes halogenated alkanes) is 1. The molecule has 2 aliphatic rings. The van der Waals surface area contributed by atoms with E-state index in [1.54, 1.807) is 6.92 Å². The minimum Gasteiger partial charge on any atom is -0.352 e. The van der Waals surface area contributed by atoms with Gasteiger partial charge in [-0.1, -0.05) is 32.6 Å². The van der Waals surface area contributed by atoms with Crippen LogP contribution < -0.4 is 5.32 Å². The van der Waals surface area contributed by atoms with Crippen molar-refractivity contribution < 1.29 is 4.79 Å². The number of carbonyl (C=O) groups excluding carboxylic acids is 1. The Labute approximate surface area is 118 Å². The topological polar surface area (TPSA) is 32.3 Å². The third kappa shape index (κ3) is 4.48. The Kier molecular flexibility index (Phi) is 5.68. The first kappa shape index (κ1) is 14.8. The normalized spacial score (nSPS) is 29.6. The van der Waals surface area contributed by atoms with Gasteiger partial charge in [-0.05, 0) is 31.6 Å². The highest BCUT2D eigenvalue weighted by atomic mass is 16.1. The molecule has 2 unspecified atom stereocenters. The summed E-state index contributed by atoms with van der Waals surface area (Å²) in [5, 5.41) is 3.16. The van der Waals surface area contributed by atoms with Crippen LogP contribution in [-0.4, -0.2) is 36.0 Å². The number of hydrogen-bond acceptors (Lipinski definition) is 2. The van der Waals surface area contributed by atoms with Gasteiger partial charge in [0.2, 0.25) is 5.91 Å². The van der Waals surface area contributed by atoms with Gasteiger partial charge in [-0.3, -0.25) is 9.69 Å². The first-order chi connectivity index (χ1) is 9.19. The molecule has 1 N–H and O–H groups in total. The summed E-state index contributed by atoms with van der Waals surface area (Å²) in [5.41, 5.74) is 0. The number of carbonyl (C=O) groups is 1. The highest BCUT2D eigenvalue weighted by Crippen LogP contribution is 2.29. The molecule has 0 bridgehead atoms. The summed E-state index contributed by atoms with van der Waals surface area (Å²) in [7, 11) is 0. The summed E-state index contributed by atoms with van der Waals surface area (Å²) in [6.45, 7) is 6.26. The molecule has 1 heterocycles. The molecule has 3 heteroatoms. The van der Waals surface area contributed by atoms with Crippen LogP contribution in [0.15, 0.2) is 0 Å². The Hall–Kier alpha value is -0.570. The quantitative estimate of drug-likeness (QED) is 0.830. The van der Waals surface area contributed by atoms with Gasteiger partial charge in [0.1, 0.15) is 0 Å². The van der Waals surface area contributed by atoms with Gasteiger partial charge in [0.15, 0.2) is 0 Å². The van der Waals surface area contributed by atoms with E-state index < -0.39 is 0 Å². The summed E-state index contributed by atoms with van der Waals surface area (Å²) < 4.78 is 0. The van der Waals surface area contributed by atoms with Crippen molar-refractivity contribution in [2.75, 3.05) is 13.1 Å². The Morgan fingerprint density at radius 1 is 1.26 bits per heavy atom. The van der Waals surface area contributed by atoms with Crippen molar-refractivity contribution >= 4 is 5.91 Å². The van der Waals surface area contributed by atoms with Crippen LogP contribution in [0.25, 0.3) is 0 Å². The molecule has 2 atom stereocenters. The highest BCUT2D eigenvalue weighted by molar-refractivity contribution is 5.73. The number of likely N-dealkylation sites (tertiary alicyclic amines) is 1. The SMILES string of the molecule is CCCCC1CC(NC(C)=O)CN(C2CCCC2)C1. The summed E-state index contributed by atoms with van der Waals surface area (Å²) in [5.74, 6) is 0.915. The van der Waals surface area contributed by atoms with Crippen molar-refractivity contribution in [1.29, 1.82) is 0 Å². The van der Waals surface area contributed by atoms with E-state index in [1.165, 1.54) is 57.9 Å². The monoisotopic (exact) mass is 266 g/mol. The third-order valence-corrected chi connectivity index (χ3v) is 4.78. The molecule has 0 spiro atoms. The van der Waals surface area contributed by atoms with Crippen molar-refractivity contribution in [1.82, 2.24) is 10.2 Å². The second-order valence-electron chi connectivity index (χ2n) is 6.53. The van der Waals surface area contributed by atoms with Gasteiger partial charge >= 0.3 is 0 Å². The van der Waals surface area contributed by atoms with E-state index in [1.807, 2.05) is 0 Å². The summed E-state index contributed by atoms with van der Waals surface area (Å²) in [6, 6.07) is 1.18. The van der Waals surface area contributed by atoms with Gasteiger partial charge in [-0.2, -0.15) is 0 Å². The zero-order valence-corrected chi connectivity index (χ0v) is 12.7. The lowest BCUT2D eigenvalue weighted by molar-refractivity contribution is -0.120. The van der Waals surface area contributed by atoms with Crippen LogP contribution in [0.1, 0.15) is 65.2 Å². The summed E-state index contributed by atoms with van der Waals surface area (Å²) >= 11 is 0. The predicted octanol–water partition coefficient (Wildman–Crippen LogP) is 2.95. The molecule has 0 aromatic carbocycles. The second kappa shape index (κ2) is 7.28. The molecule has 2 rings (SSSR count). The summed E-state index contributed by atoms with van der Waals surface area (Å²) in [6.07, 6.45) is 10.6. The fraction of sp³-hybridized carbons (Fsp3) is 0.938. The molecule has 1 aliphatic carbocycles. The van der Waals surface area contributed by atoms with E-state index in [9.17, 15) is 4.79 Å². The zero-order chi connectivity index (χ0) is 13.7. The van der Waals surface area contributed by atoms with Crippen molar-refractivity contribution in [3.05, 3.63) is 0 Å². The number of piperidine rings is 1. The molecule has 0 aromatic heterocycles. The second-order valence-corrected chi connectivity index (χ2v) is 6.53. The lowest BCUT2D eigenvalue weighted by atomic mass is 9.89. The number of nitrogens with one attached hydrogen (secondary N) is 1. The highest BCUT2D eigenvalue weighted by Gasteiger charge is 2.32. The first-order valence-corrected chi connectivity index (χ1v) is 8.20. The Morgan fingerprint density at radius 2 is 2.00 bits per heavy atom. The summed E-state index contributed by atoms with van der Waals surface area (Å²) in [4.78, 5) is 14.0. The fourth-order valence-corrected chi connectivity index (χ4v) is 3.90. The van der Waals surface area contributed by atoms with E-state index in [0.717, 1.165) is 18.5 Å². The van der Waals surface area contributed by atoms with E-state index in [-0.39, 0.29) is 5.91 Å². The maximum Gasteiger partial charge on any atom is 0.217 e. The van der Waals surface area contributed by atoms with Crippen LogP contribution in [0.2, 0.25) is 0 Å². The fourth-order valence-electron chi connectivity index (χ4n) is 3.90. The lowest BCUT2D eigenvalue weighted by Crippen LogP contribution is -2.53. The minimum atomic E-state index is 0.132. The molecule has 1 amide bonds. The molecule has 3 nitrogen and oxygen atoms in total. The molecule has 1 saturated heterocycles. The number of rotatable bonds is 5. The standard InChI is InChI=1S/C16H30N2O/c1-3-4-7-14-10-15(17-13(2)19)12-18(11-14)16-8-5-6-9-16/h14-16H,3-12H2,1-2H3,(H,17,19). The van der Waals surface area contributed by atoms with Crippen LogP contribution in [0.5, 0.6) is 0 Å². The van der Waals surface area contributed by atoms with Crippen LogP contribution in [-0.2, 0) is 4.79 Å². The molecular weight excluding hydrogens is 236 g/mol. The molecule has 2 fully saturated rings. The van der Waals surface area contributed by atoms with Crippen LogP contribution in [0.4, 0.5) is 0 Å². The van der Waals surface area contributed by atoms with Crippen LogP contribution >= 0.6 is 0 Å². The smallest absolute Gasteiger partial charge is 0.217 e. The van der Waals surface area contributed by atoms with Gasteiger partial charge in [0.05, 0.1) is 0 Å². The van der Waals surface area contributed by atoms with Gasteiger partial charge < -0.3 is 5.32 Å². The zero-order valence-electron chi connectivity index (χ0n) is 12.7. The minimum absolute atomic E-state index is 0.132. The average Bonchev–Trinajstić information content (AvgIpc) is 2.89. The van der Waals surface area contributed by atoms with Gasteiger partial charge in [0, 0.05) is 32.1 Å². The van der Waals surface area contributed by atoms with Crippen molar-refractivity contribution in [3.63, 3.8) is 0 Å². The molecular formula is C16H30N2O. The van der Waals surface area contributed by atoms with Crippen molar-refractivity contribution in [3.8, 4) is 0 Å². The molecule has 0 aromatic rings. The van der Waals surface area contributed by atoms with Crippen molar-refractivity contribution in [2.45, 2.75) is 77.3 Å². The maximum absolute atomic E-state index is 11.3. The molecule has 19 heavy (non-hydrogen) atoms. The molecule has 1 saturated carbocycles. The number of amides is 1. The Balaban J connectivity index is 1.92. The van der Waals surface area contributed by atoms with Crippen molar-refractivity contribution in [2.24, 2.45) is 5.92 Å². The predicted molar refractivity (Wildman–Crippen MR) is 79.1 cm³/mol. The molecule has 1 aliphatic heterocycles. The largest absolute Gasteiger partial charge is 0.352 e. The maximum atomic E-state index is 11.3. The van der Waals surface area contributed by atoms with E-state index in [2.05, 4.69) is 17.1 Å².